The van der Waals surface area contributed by atoms with E-state index in [9.17, 15) is 15.0 Å². The molecule has 0 fully saturated rings. The second-order valence-corrected chi connectivity index (χ2v) is 5.55. The maximum absolute atomic E-state index is 10.9. The van der Waals surface area contributed by atoms with Crippen molar-refractivity contribution in [3.63, 3.8) is 0 Å². The van der Waals surface area contributed by atoms with Crippen LogP contribution in [-0.2, 0) is 6.42 Å². The highest BCUT2D eigenvalue weighted by molar-refractivity contribution is 5.65. The van der Waals surface area contributed by atoms with Gasteiger partial charge in [-0.05, 0) is 36.6 Å². The number of benzene rings is 1. The van der Waals surface area contributed by atoms with Gasteiger partial charge >= 0.3 is 6.09 Å². The summed E-state index contributed by atoms with van der Waals surface area (Å²) in [4.78, 5) is 10.9. The summed E-state index contributed by atoms with van der Waals surface area (Å²) in [6, 6.07) is 5.89. The minimum atomic E-state index is -1.17. The smallest absolute Gasteiger partial charge is 0.404 e. The Morgan fingerprint density at radius 2 is 1.81 bits per heavy atom. The zero-order chi connectivity index (χ0) is 15.8. The molecule has 0 aliphatic heterocycles. The first-order chi connectivity index (χ1) is 9.88. The first-order valence-corrected chi connectivity index (χ1v) is 7.04. The molecule has 0 saturated carbocycles. The number of nitrogens with one attached hydrogen (secondary N) is 2. The van der Waals surface area contributed by atoms with Crippen LogP contribution in [0.1, 0.15) is 19.4 Å². The van der Waals surface area contributed by atoms with Crippen LogP contribution in [-0.4, -0.2) is 46.6 Å². The molecule has 0 aliphatic carbocycles. The molecule has 5 N–H and O–H groups in total. The maximum atomic E-state index is 10.9. The summed E-state index contributed by atoms with van der Waals surface area (Å²) in [7, 11) is 0. The number of aromatic hydroxyl groups is 1. The summed E-state index contributed by atoms with van der Waals surface area (Å²) in [5, 5.41) is 33.7. The lowest BCUT2D eigenvalue weighted by Gasteiger charge is -2.23. The second-order valence-electron chi connectivity index (χ2n) is 5.55. The average Bonchev–Trinajstić information content (AvgIpc) is 2.39. The van der Waals surface area contributed by atoms with Crippen molar-refractivity contribution < 1.29 is 20.1 Å². The zero-order valence-corrected chi connectivity index (χ0v) is 12.4. The van der Waals surface area contributed by atoms with Crippen LogP contribution in [0.15, 0.2) is 24.3 Å². The van der Waals surface area contributed by atoms with Gasteiger partial charge in [-0.1, -0.05) is 26.0 Å². The highest BCUT2D eigenvalue weighted by atomic mass is 16.4. The molecule has 0 aromatic heterocycles. The third kappa shape index (κ3) is 6.97. The van der Waals surface area contributed by atoms with Crippen molar-refractivity contribution in [3.05, 3.63) is 29.8 Å². The van der Waals surface area contributed by atoms with Crippen LogP contribution in [0, 0.1) is 5.92 Å². The molecule has 1 amide bonds. The van der Waals surface area contributed by atoms with E-state index >= 15 is 0 Å². The van der Waals surface area contributed by atoms with Gasteiger partial charge < -0.3 is 26.0 Å². The lowest BCUT2D eigenvalue weighted by molar-refractivity contribution is 0.117. The van der Waals surface area contributed by atoms with Crippen molar-refractivity contribution in [1.29, 1.82) is 0 Å². The van der Waals surface area contributed by atoms with Crippen molar-refractivity contribution in [2.45, 2.75) is 32.4 Å². The summed E-state index contributed by atoms with van der Waals surface area (Å²) in [6.07, 6.45) is -1.63. The number of phenols is 1. The molecule has 6 heteroatoms. The fraction of sp³-hybridized carbons (Fsp3) is 0.533. The van der Waals surface area contributed by atoms with Gasteiger partial charge in [0.1, 0.15) is 5.75 Å². The molecule has 0 heterocycles. The number of amides is 1. The lowest BCUT2D eigenvalue weighted by Crippen LogP contribution is -2.48. The third-order valence-electron chi connectivity index (χ3n) is 3.07. The number of aliphatic hydroxyl groups excluding tert-OH is 1. The van der Waals surface area contributed by atoms with Gasteiger partial charge in [-0.2, -0.15) is 0 Å². The third-order valence-corrected chi connectivity index (χ3v) is 3.07. The SMILES string of the molecule is CC(C)CNC[C@@H](O)[C@H](Cc1ccc(O)cc1)NC(=O)O. The fourth-order valence-corrected chi connectivity index (χ4v) is 1.99. The van der Waals surface area contributed by atoms with E-state index < -0.39 is 18.2 Å². The standard InChI is InChI=1S/C15H24N2O4/c1-10(2)8-16-9-14(19)13(17-15(20)21)7-11-3-5-12(18)6-4-11/h3-6,10,13-14,16-19H,7-9H2,1-2H3,(H,20,21)/t13-,14+/m0/s1. The van der Waals surface area contributed by atoms with Crippen LogP contribution in [0.25, 0.3) is 0 Å². The monoisotopic (exact) mass is 296 g/mol. The number of rotatable bonds is 8. The average molecular weight is 296 g/mol. The van der Waals surface area contributed by atoms with Gasteiger partial charge in [-0.25, -0.2) is 4.79 Å². The molecule has 6 nitrogen and oxygen atoms in total. The molecular formula is C15H24N2O4. The predicted octanol–water partition coefficient (Wildman–Crippen LogP) is 1.18. The van der Waals surface area contributed by atoms with E-state index in [4.69, 9.17) is 5.11 Å². The van der Waals surface area contributed by atoms with Gasteiger partial charge in [0, 0.05) is 6.54 Å². The van der Waals surface area contributed by atoms with Gasteiger partial charge in [-0.3, -0.25) is 0 Å². The van der Waals surface area contributed by atoms with E-state index in [0.717, 1.165) is 12.1 Å². The number of phenolic OH excluding ortho intramolecular Hbond substituents is 1. The van der Waals surface area contributed by atoms with Crippen LogP contribution in [0.5, 0.6) is 5.75 Å². The van der Waals surface area contributed by atoms with Crippen LogP contribution in [0.3, 0.4) is 0 Å². The second kappa shape index (κ2) is 8.49. The lowest BCUT2D eigenvalue weighted by atomic mass is 10.0. The van der Waals surface area contributed by atoms with Gasteiger partial charge in [0.15, 0.2) is 0 Å². The number of carboxylic acid groups (broad SMARTS) is 1. The van der Waals surface area contributed by atoms with Gasteiger partial charge in [0.05, 0.1) is 12.1 Å². The minimum Gasteiger partial charge on any atom is -0.508 e. The molecule has 0 unspecified atom stereocenters. The van der Waals surface area contributed by atoms with E-state index in [1.165, 1.54) is 12.1 Å². The maximum Gasteiger partial charge on any atom is 0.404 e. The predicted molar refractivity (Wildman–Crippen MR) is 80.5 cm³/mol. The Hall–Kier alpha value is -1.79. The highest BCUT2D eigenvalue weighted by Crippen LogP contribution is 2.12. The largest absolute Gasteiger partial charge is 0.508 e. The molecule has 0 saturated heterocycles. The Labute approximate surface area is 124 Å². The van der Waals surface area contributed by atoms with Gasteiger partial charge in [-0.15, -0.1) is 0 Å². The number of hydrogen-bond donors (Lipinski definition) is 5. The van der Waals surface area contributed by atoms with Crippen LogP contribution in [0.2, 0.25) is 0 Å². The molecule has 0 bridgehead atoms. The van der Waals surface area contributed by atoms with E-state index in [1.54, 1.807) is 12.1 Å². The highest BCUT2D eigenvalue weighted by Gasteiger charge is 2.21. The number of aliphatic hydroxyl groups is 1. The number of carbonyl (C=O) groups is 1. The molecule has 1 aromatic carbocycles. The Kier molecular flexibility index (Phi) is 6.98. The molecule has 21 heavy (non-hydrogen) atoms. The van der Waals surface area contributed by atoms with E-state index in [0.29, 0.717) is 18.9 Å². The molecule has 2 atom stereocenters. The van der Waals surface area contributed by atoms with Crippen LogP contribution in [0.4, 0.5) is 4.79 Å². The van der Waals surface area contributed by atoms with Crippen molar-refractivity contribution in [3.8, 4) is 5.75 Å². The van der Waals surface area contributed by atoms with Crippen LogP contribution >= 0.6 is 0 Å². The quantitative estimate of drug-likeness (QED) is 0.496. The minimum absolute atomic E-state index is 0.153. The Bertz CT molecular complexity index is 434. The summed E-state index contributed by atoms with van der Waals surface area (Å²) < 4.78 is 0. The first kappa shape index (κ1) is 17.3. The van der Waals surface area contributed by atoms with Crippen molar-refractivity contribution in [2.24, 2.45) is 5.92 Å². The topological polar surface area (TPSA) is 102 Å². The summed E-state index contributed by atoms with van der Waals surface area (Å²) >= 11 is 0. The van der Waals surface area contributed by atoms with Gasteiger partial charge in [0.25, 0.3) is 0 Å². The molecular weight excluding hydrogens is 272 g/mol. The van der Waals surface area contributed by atoms with Crippen molar-refractivity contribution in [2.75, 3.05) is 13.1 Å². The Morgan fingerprint density at radius 3 is 2.33 bits per heavy atom. The van der Waals surface area contributed by atoms with Crippen molar-refractivity contribution >= 4 is 6.09 Å². The van der Waals surface area contributed by atoms with E-state index in [2.05, 4.69) is 24.5 Å². The molecule has 118 valence electrons. The van der Waals surface area contributed by atoms with Gasteiger partial charge in [0.2, 0.25) is 0 Å². The Morgan fingerprint density at radius 1 is 1.19 bits per heavy atom. The Balaban J connectivity index is 2.61. The molecule has 0 spiro atoms. The first-order valence-electron chi connectivity index (χ1n) is 7.04. The van der Waals surface area contributed by atoms with Crippen LogP contribution < -0.4 is 10.6 Å². The summed E-state index contributed by atoms with van der Waals surface area (Å²) in [5.41, 5.74) is 0.842. The van der Waals surface area contributed by atoms with E-state index in [-0.39, 0.29) is 5.75 Å². The van der Waals surface area contributed by atoms with Crippen molar-refractivity contribution in [1.82, 2.24) is 10.6 Å². The normalized spacial score (nSPS) is 13.9. The summed E-state index contributed by atoms with van der Waals surface area (Å²) in [6.45, 7) is 5.20. The molecule has 1 rings (SSSR count). The zero-order valence-electron chi connectivity index (χ0n) is 12.4. The van der Waals surface area contributed by atoms with E-state index in [1.807, 2.05) is 0 Å². The molecule has 1 aromatic rings. The molecule has 0 radical (unpaired) electrons. The summed E-state index contributed by atoms with van der Waals surface area (Å²) in [5.74, 6) is 0.612. The number of hydrogen-bond acceptors (Lipinski definition) is 4. The fourth-order valence-electron chi connectivity index (χ4n) is 1.99. The molecule has 0 aliphatic rings.